The monoisotopic (exact) mass is 559 g/mol. The maximum atomic E-state index is 13.5. The maximum Gasteiger partial charge on any atom is 0.408 e. The normalized spacial score (nSPS) is 17.6. The lowest BCUT2D eigenvalue weighted by atomic mass is 10.0. The third-order valence-electron chi connectivity index (χ3n) is 6.38. The molecule has 1 saturated heterocycles. The van der Waals surface area contributed by atoms with Gasteiger partial charge in [-0.05, 0) is 44.6 Å². The summed E-state index contributed by atoms with van der Waals surface area (Å²) in [5.41, 5.74) is 7.57. The van der Waals surface area contributed by atoms with Gasteiger partial charge in [-0.3, -0.25) is 19.2 Å². The molecule has 0 saturated carbocycles. The highest BCUT2D eigenvalue weighted by molar-refractivity contribution is 6.28. The lowest BCUT2D eigenvalue weighted by Gasteiger charge is -2.30. The van der Waals surface area contributed by atoms with Crippen LogP contribution in [0.15, 0.2) is 30.3 Å². The van der Waals surface area contributed by atoms with Gasteiger partial charge in [0.05, 0.1) is 16.4 Å². The van der Waals surface area contributed by atoms with Crippen molar-refractivity contribution in [3.05, 3.63) is 35.9 Å². The molecule has 1 heterocycles. The number of rotatable bonds is 13. The molecule has 4 amide bonds. The highest BCUT2D eigenvalue weighted by atomic mass is 16.5. The van der Waals surface area contributed by atoms with Crippen LogP contribution in [0.1, 0.15) is 52.5 Å². The third-order valence-corrected chi connectivity index (χ3v) is 6.38. The van der Waals surface area contributed by atoms with E-state index >= 15 is 0 Å². The number of alkyl carbamates (subject to hydrolysis) is 1. The second-order valence-corrected chi connectivity index (χ2v) is 10.2. The Labute approximate surface area is 233 Å². The molecule has 0 aromatic heterocycles. The number of carbonyl (C=O) groups is 5. The number of hydrogen-bond acceptors (Lipinski definition) is 8. The Kier molecular flexibility index (Phi) is 12.4. The van der Waals surface area contributed by atoms with Gasteiger partial charge in [0.1, 0.15) is 30.8 Å². The number of likely N-dealkylation sites (tertiary alicyclic amines) is 1. The van der Waals surface area contributed by atoms with E-state index in [1.807, 2.05) is 44.2 Å². The summed E-state index contributed by atoms with van der Waals surface area (Å²) in [5.74, 6) is -2.42. The van der Waals surface area contributed by atoms with Gasteiger partial charge in [0, 0.05) is 6.54 Å². The van der Waals surface area contributed by atoms with Crippen molar-refractivity contribution in [1.29, 1.82) is 5.53 Å². The van der Waals surface area contributed by atoms with E-state index < -0.39 is 59.9 Å². The predicted octanol–water partition coefficient (Wildman–Crippen LogP) is 0.568. The molecule has 5 N–H and O–H groups in total. The lowest BCUT2D eigenvalue weighted by molar-refractivity contribution is -0.141. The number of aliphatic hydroxyl groups excluding tert-OH is 1. The standard InChI is InChI=1S/C27H38N6O7/c1-16(2)13-20(31-27(39)40-15-19-9-6-5-7-10-19)26(38)33-12-8-11-21(33)25(37)30-17(3)24(36)32-23(18(4)34)22(35)14-29-28/h5-7,9-10,14,16-18,20-21,23,28,34H,8,11-13,15H2,1-4H3,(H2-,30,31,32,36,37,39)/p+1/t17-,18?,20-,21-,23-/m0/s1. The van der Waals surface area contributed by atoms with Crippen molar-refractivity contribution >= 4 is 35.8 Å². The fourth-order valence-electron chi connectivity index (χ4n) is 4.33. The summed E-state index contributed by atoms with van der Waals surface area (Å²) in [6, 6.07) is 4.92. The van der Waals surface area contributed by atoms with Crippen LogP contribution in [0, 0.1) is 11.4 Å². The molecule has 5 atom stereocenters. The third kappa shape index (κ3) is 9.58. The summed E-state index contributed by atoms with van der Waals surface area (Å²) >= 11 is 0. The van der Waals surface area contributed by atoms with Crippen LogP contribution < -0.4 is 16.0 Å². The second-order valence-electron chi connectivity index (χ2n) is 10.2. The molecule has 1 aromatic rings. The number of ketones is 1. The first kappa shape index (κ1) is 32.1. The first-order valence-corrected chi connectivity index (χ1v) is 13.2. The molecule has 1 aliphatic heterocycles. The van der Waals surface area contributed by atoms with Gasteiger partial charge in [0.2, 0.25) is 17.7 Å². The Balaban J connectivity index is 2.03. The Morgan fingerprint density at radius 2 is 1.77 bits per heavy atom. The molecule has 0 aliphatic carbocycles. The molecule has 1 fully saturated rings. The minimum absolute atomic E-state index is 0.0430. The van der Waals surface area contributed by atoms with Gasteiger partial charge < -0.3 is 30.7 Å². The molecule has 40 heavy (non-hydrogen) atoms. The van der Waals surface area contributed by atoms with E-state index in [1.165, 1.54) is 18.7 Å². The molecule has 1 aliphatic rings. The number of benzene rings is 1. The summed E-state index contributed by atoms with van der Waals surface area (Å²) in [5, 5.41) is 17.4. The highest BCUT2D eigenvalue weighted by Crippen LogP contribution is 2.21. The van der Waals surface area contributed by atoms with Gasteiger partial charge in [-0.15, -0.1) is 0 Å². The zero-order valence-corrected chi connectivity index (χ0v) is 23.3. The zero-order chi connectivity index (χ0) is 29.8. The van der Waals surface area contributed by atoms with Crippen LogP contribution in [0.5, 0.6) is 0 Å². The number of ether oxygens (including phenoxy) is 1. The van der Waals surface area contributed by atoms with Crippen LogP contribution in [0.2, 0.25) is 0 Å². The molecule has 218 valence electrons. The molecule has 13 nitrogen and oxygen atoms in total. The average molecular weight is 560 g/mol. The van der Waals surface area contributed by atoms with E-state index in [0.29, 0.717) is 32.0 Å². The van der Waals surface area contributed by atoms with E-state index in [1.54, 1.807) is 0 Å². The van der Waals surface area contributed by atoms with Crippen molar-refractivity contribution in [2.75, 3.05) is 6.54 Å². The molecule has 0 bridgehead atoms. The zero-order valence-electron chi connectivity index (χ0n) is 23.3. The number of carbonyl (C=O) groups excluding carboxylic acids is 5. The molecular formula is C27H39N6O7+. The number of aliphatic hydroxyl groups is 1. The number of amides is 4. The molecule has 13 heteroatoms. The van der Waals surface area contributed by atoms with E-state index in [-0.39, 0.29) is 12.5 Å². The molecule has 1 unspecified atom stereocenters. The number of hydrogen-bond donors (Lipinski definition) is 5. The molecule has 1 aromatic carbocycles. The van der Waals surface area contributed by atoms with Crippen LogP contribution in [0.4, 0.5) is 4.79 Å². The Bertz CT molecular complexity index is 1100. The average Bonchev–Trinajstić information content (AvgIpc) is 3.40. The van der Waals surface area contributed by atoms with Crippen LogP contribution in [0.3, 0.4) is 0 Å². The summed E-state index contributed by atoms with van der Waals surface area (Å²) in [6.07, 6.45) is -0.0759. The molecule has 0 radical (unpaired) electrons. The first-order chi connectivity index (χ1) is 18.9. The fourth-order valence-corrected chi connectivity index (χ4v) is 4.33. The Hall–Kier alpha value is -4.09. The summed E-state index contributed by atoms with van der Waals surface area (Å²) in [7, 11) is 0. The van der Waals surface area contributed by atoms with Crippen molar-refractivity contribution in [1.82, 2.24) is 20.9 Å². The van der Waals surface area contributed by atoms with E-state index in [4.69, 9.17) is 10.3 Å². The second kappa shape index (κ2) is 15.5. The number of Topliss-reactive ketones (excluding diaryl/α,β-unsaturated/α-hetero) is 1. The van der Waals surface area contributed by atoms with Crippen molar-refractivity contribution < 1.29 is 38.6 Å². The van der Waals surface area contributed by atoms with Crippen molar-refractivity contribution in [2.45, 2.75) is 83.8 Å². The number of nitrogens with one attached hydrogen (secondary N) is 4. The Morgan fingerprint density at radius 1 is 1.10 bits per heavy atom. The van der Waals surface area contributed by atoms with E-state index in [0.717, 1.165) is 5.56 Å². The lowest BCUT2D eigenvalue weighted by Crippen LogP contribution is -2.57. The van der Waals surface area contributed by atoms with Gasteiger partial charge >= 0.3 is 12.3 Å². The van der Waals surface area contributed by atoms with E-state index in [9.17, 15) is 29.1 Å². The Morgan fingerprint density at radius 3 is 2.38 bits per heavy atom. The quantitative estimate of drug-likeness (QED) is 0.132. The number of nitrogens with zero attached hydrogens (tertiary/aromatic N) is 2. The van der Waals surface area contributed by atoms with Crippen molar-refractivity contribution in [3.8, 4) is 0 Å². The van der Waals surface area contributed by atoms with Gasteiger partial charge in [-0.1, -0.05) is 44.2 Å². The van der Waals surface area contributed by atoms with Crippen molar-refractivity contribution in [3.63, 3.8) is 0 Å². The minimum atomic E-state index is -1.34. The largest absolute Gasteiger partial charge is 0.445 e. The fraction of sp³-hybridized carbons (Fsp3) is 0.556. The molecule has 2 rings (SSSR count). The van der Waals surface area contributed by atoms with Crippen molar-refractivity contribution in [2.24, 2.45) is 5.92 Å². The first-order valence-electron chi connectivity index (χ1n) is 13.2. The minimum Gasteiger partial charge on any atom is -0.445 e. The topological polar surface area (TPSA) is 192 Å². The van der Waals surface area contributed by atoms with Crippen LogP contribution in [-0.4, -0.2) is 87.4 Å². The van der Waals surface area contributed by atoms with Gasteiger partial charge in [-0.25, -0.2) is 4.79 Å². The summed E-state index contributed by atoms with van der Waals surface area (Å²) < 4.78 is 5.28. The highest BCUT2D eigenvalue weighted by Gasteiger charge is 2.39. The smallest absolute Gasteiger partial charge is 0.408 e. The van der Waals surface area contributed by atoms with Gasteiger partial charge in [0.15, 0.2) is 0 Å². The maximum absolute atomic E-state index is 13.5. The molecular weight excluding hydrogens is 520 g/mol. The van der Waals surface area contributed by atoms with Crippen LogP contribution in [0.25, 0.3) is 0 Å². The SMILES string of the molecule is CC(C)C[C@H](NC(=O)OCc1ccccc1)C(=O)N1CCC[C@H]1C(=O)N[C@@H](C)C(=O)N[C@H](C(=O)C=[N+]=N)C(C)O. The van der Waals surface area contributed by atoms with Crippen LogP contribution >= 0.6 is 0 Å². The summed E-state index contributed by atoms with van der Waals surface area (Å²) in [4.78, 5) is 68.0. The van der Waals surface area contributed by atoms with Gasteiger partial charge in [-0.2, -0.15) is 0 Å². The van der Waals surface area contributed by atoms with E-state index in [2.05, 4.69) is 20.7 Å². The predicted molar refractivity (Wildman–Crippen MR) is 143 cm³/mol. The van der Waals surface area contributed by atoms with Gasteiger partial charge in [0.25, 0.3) is 5.78 Å². The molecule has 0 spiro atoms. The van der Waals surface area contributed by atoms with Crippen LogP contribution in [-0.2, 0) is 30.5 Å². The summed E-state index contributed by atoms with van der Waals surface area (Å²) in [6.45, 7) is 6.87.